The molecule has 0 aliphatic carbocycles. The van der Waals surface area contributed by atoms with E-state index in [9.17, 15) is 4.79 Å². The third kappa shape index (κ3) is 9.39. The molecule has 2 atom stereocenters. The van der Waals surface area contributed by atoms with Crippen molar-refractivity contribution in [2.45, 2.75) is 32.0 Å². The van der Waals surface area contributed by atoms with Crippen LogP contribution in [0.15, 0.2) is 35.3 Å². The van der Waals surface area contributed by atoms with E-state index in [0.29, 0.717) is 25.7 Å². The van der Waals surface area contributed by atoms with E-state index in [1.54, 1.807) is 19.0 Å². The lowest BCUT2D eigenvalue weighted by molar-refractivity contribution is -0.127. The smallest absolute Gasteiger partial charge is 0.241 e. The van der Waals surface area contributed by atoms with E-state index in [0.717, 1.165) is 18.6 Å². The largest absolute Gasteiger partial charge is 0.379 e. The van der Waals surface area contributed by atoms with Crippen LogP contribution in [0.25, 0.3) is 0 Å². The van der Waals surface area contributed by atoms with Crippen molar-refractivity contribution in [3.63, 3.8) is 0 Å². The van der Waals surface area contributed by atoms with Gasteiger partial charge in [-0.1, -0.05) is 30.3 Å². The second-order valence-corrected chi connectivity index (χ2v) is 6.66. The lowest BCUT2D eigenvalue weighted by atomic mass is 10.2. The minimum absolute atomic E-state index is 0. The Morgan fingerprint density at radius 2 is 2.11 bits per heavy atom. The second kappa shape index (κ2) is 12.9. The first-order valence-corrected chi connectivity index (χ1v) is 9.03. The SMILES string of the molecule is CC(COC1CCOC1)NC(=NCc1ccccc1)NCC(=O)N(C)C.I. The number of ether oxygens (including phenoxy) is 2. The molecule has 8 heteroatoms. The van der Waals surface area contributed by atoms with Gasteiger partial charge in [0.05, 0.1) is 32.4 Å². The van der Waals surface area contributed by atoms with E-state index in [4.69, 9.17) is 9.47 Å². The van der Waals surface area contributed by atoms with Crippen molar-refractivity contribution in [2.24, 2.45) is 4.99 Å². The molecule has 0 saturated carbocycles. The number of guanidine groups is 1. The maximum Gasteiger partial charge on any atom is 0.241 e. The number of hydrogen-bond acceptors (Lipinski definition) is 4. The number of carbonyl (C=O) groups is 1. The molecule has 1 aliphatic heterocycles. The number of benzene rings is 1. The van der Waals surface area contributed by atoms with Gasteiger partial charge in [0.15, 0.2) is 5.96 Å². The van der Waals surface area contributed by atoms with E-state index in [1.165, 1.54) is 0 Å². The molecule has 1 saturated heterocycles. The third-order valence-electron chi connectivity index (χ3n) is 4.02. The van der Waals surface area contributed by atoms with Crippen LogP contribution in [-0.2, 0) is 20.8 Å². The molecule has 1 aromatic carbocycles. The van der Waals surface area contributed by atoms with E-state index in [-0.39, 0.29) is 48.6 Å². The van der Waals surface area contributed by atoms with Crippen molar-refractivity contribution in [3.8, 4) is 0 Å². The Bertz CT molecular complexity index is 578. The highest BCUT2D eigenvalue weighted by Crippen LogP contribution is 2.08. The van der Waals surface area contributed by atoms with Crippen LogP contribution in [0.1, 0.15) is 18.9 Å². The average Bonchev–Trinajstić information content (AvgIpc) is 3.16. The van der Waals surface area contributed by atoms with Crippen LogP contribution < -0.4 is 10.6 Å². The Hall–Kier alpha value is -1.39. The molecule has 1 amide bonds. The Balaban J connectivity index is 0.00000364. The first kappa shape index (κ1) is 23.6. The average molecular weight is 490 g/mol. The molecule has 27 heavy (non-hydrogen) atoms. The molecule has 2 N–H and O–H groups in total. The van der Waals surface area contributed by atoms with Crippen molar-refractivity contribution in [2.75, 3.05) is 40.5 Å². The van der Waals surface area contributed by atoms with Gasteiger partial charge in [-0.25, -0.2) is 4.99 Å². The summed E-state index contributed by atoms with van der Waals surface area (Å²) in [6.45, 7) is 4.75. The fourth-order valence-electron chi connectivity index (χ4n) is 2.42. The number of amides is 1. The van der Waals surface area contributed by atoms with E-state index in [2.05, 4.69) is 15.6 Å². The third-order valence-corrected chi connectivity index (χ3v) is 4.02. The highest BCUT2D eigenvalue weighted by atomic mass is 127. The van der Waals surface area contributed by atoms with Gasteiger partial charge in [0.25, 0.3) is 0 Å². The summed E-state index contributed by atoms with van der Waals surface area (Å²) < 4.78 is 11.2. The fraction of sp³-hybridized carbons (Fsp3) is 0.579. The van der Waals surface area contributed by atoms with Crippen LogP contribution in [0.3, 0.4) is 0 Å². The summed E-state index contributed by atoms with van der Waals surface area (Å²) in [4.78, 5) is 18.0. The molecule has 0 radical (unpaired) electrons. The second-order valence-electron chi connectivity index (χ2n) is 6.66. The molecule has 2 rings (SSSR count). The summed E-state index contributed by atoms with van der Waals surface area (Å²) in [6.07, 6.45) is 1.12. The van der Waals surface area contributed by atoms with Crippen molar-refractivity contribution in [1.29, 1.82) is 0 Å². The molecule has 1 fully saturated rings. The zero-order valence-corrected chi connectivity index (χ0v) is 18.6. The number of likely N-dealkylation sites (N-methyl/N-ethyl adjacent to an activating group) is 1. The molecule has 0 bridgehead atoms. The van der Waals surface area contributed by atoms with Crippen LogP contribution in [-0.4, -0.2) is 69.4 Å². The van der Waals surface area contributed by atoms with E-state index >= 15 is 0 Å². The van der Waals surface area contributed by atoms with Gasteiger partial charge >= 0.3 is 0 Å². The summed E-state index contributed by atoms with van der Waals surface area (Å²) in [5.41, 5.74) is 1.11. The summed E-state index contributed by atoms with van der Waals surface area (Å²) in [5, 5.41) is 6.41. The maximum atomic E-state index is 11.8. The molecule has 7 nitrogen and oxygen atoms in total. The topological polar surface area (TPSA) is 75.2 Å². The predicted molar refractivity (Wildman–Crippen MR) is 117 cm³/mol. The molecular formula is C19H31IN4O3. The number of nitrogens with zero attached hydrogens (tertiary/aromatic N) is 2. The highest BCUT2D eigenvalue weighted by Gasteiger charge is 2.17. The number of halogens is 1. The minimum atomic E-state index is -0.00813. The quantitative estimate of drug-likeness (QED) is 0.329. The van der Waals surface area contributed by atoms with Crippen LogP contribution in [0, 0.1) is 0 Å². The molecule has 2 unspecified atom stereocenters. The van der Waals surface area contributed by atoms with Gasteiger partial charge in [0.2, 0.25) is 5.91 Å². The maximum absolute atomic E-state index is 11.8. The molecule has 1 aliphatic rings. The number of aliphatic imine (C=N–C) groups is 1. The van der Waals surface area contributed by atoms with Gasteiger partial charge in [0.1, 0.15) is 0 Å². The Labute approximate surface area is 178 Å². The first-order valence-electron chi connectivity index (χ1n) is 9.03. The summed E-state index contributed by atoms with van der Waals surface area (Å²) in [7, 11) is 3.47. The number of nitrogens with one attached hydrogen (secondary N) is 2. The van der Waals surface area contributed by atoms with Gasteiger partial charge in [-0.2, -0.15) is 0 Å². The van der Waals surface area contributed by atoms with Gasteiger partial charge in [-0.05, 0) is 18.9 Å². The van der Waals surface area contributed by atoms with Crippen LogP contribution in [0.4, 0.5) is 0 Å². The van der Waals surface area contributed by atoms with E-state index in [1.807, 2.05) is 37.3 Å². The molecule has 0 spiro atoms. The first-order chi connectivity index (χ1) is 12.5. The van der Waals surface area contributed by atoms with Crippen molar-refractivity contribution in [1.82, 2.24) is 15.5 Å². The summed E-state index contributed by atoms with van der Waals surface area (Å²) in [5.74, 6) is 0.592. The lowest BCUT2D eigenvalue weighted by Crippen LogP contribution is -2.47. The van der Waals surface area contributed by atoms with Gasteiger partial charge in [0, 0.05) is 26.7 Å². The molecule has 1 heterocycles. The number of rotatable bonds is 8. The minimum Gasteiger partial charge on any atom is -0.379 e. The normalized spacial score (nSPS) is 17.7. The zero-order chi connectivity index (χ0) is 18.8. The lowest BCUT2D eigenvalue weighted by Gasteiger charge is -2.20. The predicted octanol–water partition coefficient (Wildman–Crippen LogP) is 1.62. The Kier molecular flexibility index (Phi) is 11.3. The van der Waals surface area contributed by atoms with E-state index < -0.39 is 0 Å². The van der Waals surface area contributed by atoms with Gasteiger partial charge in [-0.3, -0.25) is 4.79 Å². The molecular weight excluding hydrogens is 459 g/mol. The van der Waals surface area contributed by atoms with Crippen LogP contribution >= 0.6 is 24.0 Å². The van der Waals surface area contributed by atoms with Crippen molar-refractivity contribution >= 4 is 35.8 Å². The zero-order valence-electron chi connectivity index (χ0n) is 16.3. The Morgan fingerprint density at radius 1 is 1.37 bits per heavy atom. The standard InChI is InChI=1S/C19H30N4O3.HI/c1-15(13-26-17-9-10-25-14-17)22-19(21-12-18(24)23(2)3)20-11-16-7-5-4-6-8-16;/h4-8,15,17H,9-14H2,1-3H3,(H2,20,21,22);1H. The fourth-order valence-corrected chi connectivity index (χ4v) is 2.42. The molecule has 0 aromatic heterocycles. The van der Waals surface area contributed by atoms with Gasteiger partial charge < -0.3 is 25.0 Å². The highest BCUT2D eigenvalue weighted by molar-refractivity contribution is 14.0. The summed E-state index contributed by atoms with van der Waals surface area (Å²) >= 11 is 0. The monoisotopic (exact) mass is 490 g/mol. The van der Waals surface area contributed by atoms with Crippen LogP contribution in [0.5, 0.6) is 0 Å². The molecule has 1 aromatic rings. The summed E-state index contributed by atoms with van der Waals surface area (Å²) in [6, 6.07) is 10.1. The van der Waals surface area contributed by atoms with Crippen LogP contribution in [0.2, 0.25) is 0 Å². The Morgan fingerprint density at radius 3 is 2.74 bits per heavy atom. The van der Waals surface area contributed by atoms with Gasteiger partial charge in [-0.15, -0.1) is 24.0 Å². The number of carbonyl (C=O) groups excluding carboxylic acids is 1. The number of hydrogen-bond donors (Lipinski definition) is 2. The molecule has 152 valence electrons. The van der Waals surface area contributed by atoms with Crippen molar-refractivity contribution < 1.29 is 14.3 Å². The van der Waals surface area contributed by atoms with Crippen molar-refractivity contribution in [3.05, 3.63) is 35.9 Å².